The van der Waals surface area contributed by atoms with Crippen LogP contribution in [0.5, 0.6) is 0 Å². The predicted molar refractivity (Wildman–Crippen MR) is 96.2 cm³/mol. The Morgan fingerprint density at radius 2 is 1.91 bits per heavy atom. The largest absolute Gasteiger partial charge is 0.326 e. The van der Waals surface area contributed by atoms with Crippen molar-refractivity contribution in [3.8, 4) is 11.1 Å². The molecule has 120 valence electrons. The van der Waals surface area contributed by atoms with E-state index in [0.717, 1.165) is 38.0 Å². The first-order valence-corrected chi connectivity index (χ1v) is 8.04. The van der Waals surface area contributed by atoms with Crippen molar-refractivity contribution in [2.24, 2.45) is 5.92 Å². The molecule has 0 spiro atoms. The summed E-state index contributed by atoms with van der Waals surface area (Å²) in [5.41, 5.74) is 6.22. The molecular formula is C19H21ClN2O. The van der Waals surface area contributed by atoms with Gasteiger partial charge in [-0.1, -0.05) is 30.3 Å². The quantitative estimate of drug-likeness (QED) is 0.754. The van der Waals surface area contributed by atoms with Gasteiger partial charge < -0.3 is 10.6 Å². The molecule has 1 atom stereocenters. The number of hydrogen-bond acceptors (Lipinski definition) is 2. The minimum Gasteiger partial charge on any atom is -0.326 e. The fourth-order valence-corrected chi connectivity index (χ4v) is 3.54. The first kappa shape index (κ1) is 16.0. The summed E-state index contributed by atoms with van der Waals surface area (Å²) in [6.45, 7) is 1.82. The topological polar surface area (TPSA) is 41.1 Å². The average molecular weight is 329 g/mol. The zero-order chi connectivity index (χ0) is 14.9. The molecule has 2 N–H and O–H groups in total. The van der Waals surface area contributed by atoms with Crippen LogP contribution in [0.1, 0.15) is 24.0 Å². The molecule has 0 bridgehead atoms. The number of carbonyl (C=O) groups is 1. The summed E-state index contributed by atoms with van der Waals surface area (Å²) in [6, 6.07) is 14.8. The Kier molecular flexibility index (Phi) is 4.69. The summed E-state index contributed by atoms with van der Waals surface area (Å²) < 4.78 is 0. The molecule has 23 heavy (non-hydrogen) atoms. The molecule has 1 aliphatic carbocycles. The number of nitrogens with one attached hydrogen (secondary N) is 2. The third-order valence-corrected chi connectivity index (χ3v) is 4.73. The van der Waals surface area contributed by atoms with E-state index >= 15 is 0 Å². The lowest BCUT2D eigenvalue weighted by Gasteiger charge is -2.22. The van der Waals surface area contributed by atoms with Gasteiger partial charge in [0.05, 0.1) is 5.92 Å². The van der Waals surface area contributed by atoms with E-state index < -0.39 is 0 Å². The zero-order valence-electron chi connectivity index (χ0n) is 13.0. The maximum atomic E-state index is 12.3. The molecule has 3 nitrogen and oxygen atoms in total. The van der Waals surface area contributed by atoms with Crippen LogP contribution in [0.2, 0.25) is 0 Å². The van der Waals surface area contributed by atoms with E-state index in [2.05, 4.69) is 47.0 Å². The first-order chi connectivity index (χ1) is 10.8. The number of halogens is 1. The number of piperidine rings is 1. The van der Waals surface area contributed by atoms with E-state index in [0.29, 0.717) is 0 Å². The highest BCUT2D eigenvalue weighted by molar-refractivity contribution is 5.93. The second kappa shape index (κ2) is 6.73. The van der Waals surface area contributed by atoms with Crippen LogP contribution in [0.15, 0.2) is 42.5 Å². The van der Waals surface area contributed by atoms with Gasteiger partial charge in [0.2, 0.25) is 5.91 Å². The fraction of sp³-hybridized carbons (Fsp3) is 0.316. The van der Waals surface area contributed by atoms with Crippen LogP contribution >= 0.6 is 12.4 Å². The van der Waals surface area contributed by atoms with Gasteiger partial charge in [0.25, 0.3) is 0 Å². The van der Waals surface area contributed by atoms with Crippen LogP contribution in [0.25, 0.3) is 11.1 Å². The molecule has 1 fully saturated rings. The number of benzene rings is 2. The van der Waals surface area contributed by atoms with Gasteiger partial charge in [-0.3, -0.25) is 4.79 Å². The Labute approximate surface area is 142 Å². The number of rotatable bonds is 2. The molecule has 1 aliphatic heterocycles. The van der Waals surface area contributed by atoms with Crippen molar-refractivity contribution in [1.29, 1.82) is 0 Å². The molecule has 1 saturated heterocycles. The molecule has 1 heterocycles. The Morgan fingerprint density at radius 3 is 2.74 bits per heavy atom. The van der Waals surface area contributed by atoms with Crippen LogP contribution in [0.3, 0.4) is 0 Å². The maximum absolute atomic E-state index is 12.3. The summed E-state index contributed by atoms with van der Waals surface area (Å²) in [7, 11) is 0. The first-order valence-electron chi connectivity index (χ1n) is 8.04. The predicted octanol–water partition coefficient (Wildman–Crippen LogP) is 3.62. The Balaban J connectivity index is 0.00000156. The summed E-state index contributed by atoms with van der Waals surface area (Å²) in [6.07, 6.45) is 3.02. The summed E-state index contributed by atoms with van der Waals surface area (Å²) in [4.78, 5) is 12.3. The number of hydrogen-bond donors (Lipinski definition) is 2. The third-order valence-electron chi connectivity index (χ3n) is 4.73. The lowest BCUT2D eigenvalue weighted by Crippen LogP contribution is -2.37. The highest BCUT2D eigenvalue weighted by Crippen LogP contribution is 2.37. The van der Waals surface area contributed by atoms with Gasteiger partial charge >= 0.3 is 0 Å². The third kappa shape index (κ3) is 3.12. The summed E-state index contributed by atoms with van der Waals surface area (Å²) in [5.74, 6) is 0.238. The molecule has 2 aromatic carbocycles. The Morgan fingerprint density at radius 1 is 1.09 bits per heavy atom. The average Bonchev–Trinajstić information content (AvgIpc) is 2.93. The van der Waals surface area contributed by atoms with Crippen molar-refractivity contribution in [2.45, 2.75) is 19.3 Å². The summed E-state index contributed by atoms with van der Waals surface area (Å²) >= 11 is 0. The van der Waals surface area contributed by atoms with Gasteiger partial charge in [-0.2, -0.15) is 0 Å². The van der Waals surface area contributed by atoms with Crippen LogP contribution < -0.4 is 10.6 Å². The monoisotopic (exact) mass is 328 g/mol. The van der Waals surface area contributed by atoms with Crippen LogP contribution in [-0.2, 0) is 11.2 Å². The second-order valence-electron chi connectivity index (χ2n) is 6.24. The molecule has 2 aromatic rings. The molecule has 1 unspecified atom stereocenters. The minimum absolute atomic E-state index is 0. The van der Waals surface area contributed by atoms with Gasteiger partial charge in [-0.05, 0) is 60.2 Å². The van der Waals surface area contributed by atoms with Gasteiger partial charge in [0.15, 0.2) is 0 Å². The van der Waals surface area contributed by atoms with Gasteiger partial charge in [0.1, 0.15) is 0 Å². The molecule has 0 aromatic heterocycles. The lowest BCUT2D eigenvalue weighted by molar-refractivity contribution is -0.120. The number of fused-ring (bicyclic) bond motifs is 3. The number of carbonyl (C=O) groups excluding carboxylic acids is 1. The molecular weight excluding hydrogens is 308 g/mol. The van der Waals surface area contributed by atoms with E-state index in [1.54, 1.807) is 0 Å². The van der Waals surface area contributed by atoms with Crippen LogP contribution in [0.4, 0.5) is 5.69 Å². The van der Waals surface area contributed by atoms with Crippen LogP contribution in [0, 0.1) is 5.92 Å². The van der Waals surface area contributed by atoms with Crippen molar-refractivity contribution < 1.29 is 4.79 Å². The highest BCUT2D eigenvalue weighted by Gasteiger charge is 2.22. The second-order valence-corrected chi connectivity index (χ2v) is 6.24. The molecule has 0 radical (unpaired) electrons. The number of amides is 1. The lowest BCUT2D eigenvalue weighted by atomic mass is 9.98. The molecule has 4 heteroatoms. The molecule has 0 saturated carbocycles. The normalized spacial score (nSPS) is 18.5. The zero-order valence-corrected chi connectivity index (χ0v) is 13.8. The van der Waals surface area contributed by atoms with E-state index in [1.807, 2.05) is 6.07 Å². The van der Waals surface area contributed by atoms with Gasteiger partial charge in [0, 0.05) is 12.2 Å². The van der Waals surface area contributed by atoms with Gasteiger partial charge in [-0.15, -0.1) is 12.4 Å². The van der Waals surface area contributed by atoms with Crippen molar-refractivity contribution in [2.75, 3.05) is 18.4 Å². The molecule has 1 amide bonds. The van der Waals surface area contributed by atoms with E-state index in [-0.39, 0.29) is 24.2 Å². The Hall–Kier alpha value is -1.84. The van der Waals surface area contributed by atoms with E-state index in [1.165, 1.54) is 22.3 Å². The molecule has 2 aliphatic rings. The number of anilines is 1. The molecule has 4 rings (SSSR count). The standard InChI is InChI=1S/C19H20N2O.ClH/c22-19(14-5-3-9-20-12-14)21-16-7-8-18-15(11-16)10-13-4-1-2-6-17(13)18;/h1-2,4,6-8,11,14,20H,3,5,9-10,12H2,(H,21,22);1H. The van der Waals surface area contributed by atoms with Crippen molar-refractivity contribution >= 4 is 24.0 Å². The minimum atomic E-state index is 0. The van der Waals surface area contributed by atoms with Crippen molar-refractivity contribution in [3.05, 3.63) is 53.6 Å². The highest BCUT2D eigenvalue weighted by atomic mass is 35.5. The van der Waals surface area contributed by atoms with Crippen molar-refractivity contribution in [3.63, 3.8) is 0 Å². The van der Waals surface area contributed by atoms with E-state index in [4.69, 9.17) is 0 Å². The Bertz CT molecular complexity index is 723. The SMILES string of the molecule is Cl.O=C(Nc1ccc2c(c1)Cc1ccccc1-2)C1CCCNC1. The maximum Gasteiger partial charge on any atom is 0.228 e. The van der Waals surface area contributed by atoms with E-state index in [9.17, 15) is 4.79 Å². The van der Waals surface area contributed by atoms with Crippen molar-refractivity contribution in [1.82, 2.24) is 5.32 Å². The summed E-state index contributed by atoms with van der Waals surface area (Å²) in [5, 5.41) is 6.38. The fourth-order valence-electron chi connectivity index (χ4n) is 3.54. The van der Waals surface area contributed by atoms with Gasteiger partial charge in [-0.25, -0.2) is 0 Å². The van der Waals surface area contributed by atoms with Crippen LogP contribution in [-0.4, -0.2) is 19.0 Å². The smallest absolute Gasteiger partial charge is 0.228 e.